The number of hydrogen-bond donors (Lipinski definition) is 3. The Morgan fingerprint density at radius 2 is 1.91 bits per heavy atom. The van der Waals surface area contributed by atoms with Crippen molar-refractivity contribution in [2.45, 2.75) is 26.8 Å². The van der Waals surface area contributed by atoms with Crippen LogP contribution in [0.1, 0.15) is 41.6 Å². The minimum Gasteiger partial charge on any atom is -0.451 e. The predicted molar refractivity (Wildman–Crippen MR) is 77.4 cm³/mol. The molecule has 22 heavy (non-hydrogen) atoms. The van der Waals surface area contributed by atoms with Gasteiger partial charge in [0.05, 0.1) is 6.54 Å². The Morgan fingerprint density at radius 3 is 2.45 bits per heavy atom. The number of hydrogen-bond acceptors (Lipinski definition) is 5. The molecular formula is C14H19N3O5. The van der Waals surface area contributed by atoms with Crippen molar-refractivity contribution in [2.24, 2.45) is 0 Å². The molecule has 0 fully saturated rings. The second-order valence-electron chi connectivity index (χ2n) is 4.93. The van der Waals surface area contributed by atoms with E-state index in [9.17, 15) is 19.2 Å². The average Bonchev–Trinajstić information content (AvgIpc) is 2.91. The first kappa shape index (κ1) is 17.4. The fourth-order valence-corrected chi connectivity index (χ4v) is 1.53. The lowest BCUT2D eigenvalue weighted by atomic mass is 10.2. The monoisotopic (exact) mass is 309 g/mol. The molecule has 0 unspecified atom stereocenters. The van der Waals surface area contributed by atoms with Gasteiger partial charge in [-0.1, -0.05) is 0 Å². The Bertz CT molecular complexity index is 577. The number of carbonyl (C=O) groups excluding carboxylic acids is 4. The van der Waals surface area contributed by atoms with Crippen molar-refractivity contribution in [3.05, 3.63) is 23.5 Å². The first-order valence-corrected chi connectivity index (χ1v) is 6.72. The second-order valence-corrected chi connectivity index (χ2v) is 4.93. The molecule has 3 N–H and O–H groups in total. The van der Waals surface area contributed by atoms with E-state index in [0.717, 1.165) is 0 Å². The lowest BCUT2D eigenvalue weighted by molar-refractivity contribution is -0.128. The van der Waals surface area contributed by atoms with Gasteiger partial charge in [-0.25, -0.2) is 4.79 Å². The van der Waals surface area contributed by atoms with Gasteiger partial charge in [-0.3, -0.25) is 14.4 Å². The summed E-state index contributed by atoms with van der Waals surface area (Å²) in [6.45, 7) is 4.27. The molecule has 1 rings (SSSR count). The topological polar surface area (TPSA) is 117 Å². The van der Waals surface area contributed by atoms with Crippen LogP contribution in [0.15, 0.2) is 12.3 Å². The van der Waals surface area contributed by atoms with Crippen LogP contribution < -0.4 is 10.6 Å². The molecule has 0 atom stereocenters. The maximum atomic E-state index is 11.6. The van der Waals surface area contributed by atoms with Crippen molar-refractivity contribution in [2.75, 3.05) is 13.2 Å². The predicted octanol–water partition coefficient (Wildman–Crippen LogP) is 0.0149. The van der Waals surface area contributed by atoms with Crippen LogP contribution in [0, 0.1) is 0 Å². The van der Waals surface area contributed by atoms with Gasteiger partial charge < -0.3 is 20.4 Å². The number of rotatable bonds is 7. The van der Waals surface area contributed by atoms with Crippen LogP contribution in [0.25, 0.3) is 0 Å². The number of esters is 1. The van der Waals surface area contributed by atoms with Gasteiger partial charge in [-0.2, -0.15) is 0 Å². The summed E-state index contributed by atoms with van der Waals surface area (Å²) in [6.07, 6.45) is 1.38. The molecule has 120 valence electrons. The Labute approximate surface area is 127 Å². The molecule has 1 heterocycles. The van der Waals surface area contributed by atoms with Crippen LogP contribution >= 0.6 is 0 Å². The van der Waals surface area contributed by atoms with E-state index in [4.69, 9.17) is 4.74 Å². The fourth-order valence-electron chi connectivity index (χ4n) is 1.53. The highest BCUT2D eigenvalue weighted by atomic mass is 16.5. The Morgan fingerprint density at radius 1 is 1.23 bits per heavy atom. The third-order valence-electron chi connectivity index (χ3n) is 2.54. The van der Waals surface area contributed by atoms with E-state index in [-0.39, 0.29) is 30.0 Å². The molecule has 0 saturated heterocycles. The lowest BCUT2D eigenvalue weighted by Gasteiger charge is -2.09. The second kappa shape index (κ2) is 7.96. The van der Waals surface area contributed by atoms with Crippen LogP contribution in [-0.2, 0) is 14.3 Å². The highest BCUT2D eigenvalue weighted by molar-refractivity contribution is 5.97. The van der Waals surface area contributed by atoms with Gasteiger partial charge >= 0.3 is 5.97 Å². The number of amides is 2. The van der Waals surface area contributed by atoms with Gasteiger partial charge in [0, 0.05) is 17.8 Å². The summed E-state index contributed by atoms with van der Waals surface area (Å²) in [6, 6.07) is 1.32. The Balaban J connectivity index is 2.35. The largest absolute Gasteiger partial charge is 0.451 e. The van der Waals surface area contributed by atoms with Crippen LogP contribution in [-0.4, -0.2) is 47.7 Å². The van der Waals surface area contributed by atoms with Gasteiger partial charge in [-0.15, -0.1) is 0 Å². The molecule has 0 radical (unpaired) electrons. The number of nitrogens with one attached hydrogen (secondary N) is 3. The van der Waals surface area contributed by atoms with E-state index < -0.39 is 18.5 Å². The summed E-state index contributed by atoms with van der Waals surface area (Å²) >= 11 is 0. The molecule has 8 nitrogen and oxygen atoms in total. The number of aromatic nitrogens is 1. The van der Waals surface area contributed by atoms with Crippen molar-refractivity contribution in [3.8, 4) is 0 Å². The van der Waals surface area contributed by atoms with Gasteiger partial charge in [-0.05, 0) is 26.8 Å². The van der Waals surface area contributed by atoms with Crippen molar-refractivity contribution >= 4 is 23.6 Å². The van der Waals surface area contributed by atoms with Crippen molar-refractivity contribution in [1.29, 1.82) is 0 Å². The van der Waals surface area contributed by atoms with Gasteiger partial charge in [0.25, 0.3) is 5.91 Å². The Kier molecular flexibility index (Phi) is 6.30. The minimum absolute atomic E-state index is 0.0226. The molecule has 1 aromatic rings. The molecule has 8 heteroatoms. The molecule has 1 aromatic heterocycles. The van der Waals surface area contributed by atoms with Gasteiger partial charge in [0.1, 0.15) is 5.69 Å². The molecule has 0 aliphatic rings. The summed E-state index contributed by atoms with van der Waals surface area (Å²) in [7, 11) is 0. The van der Waals surface area contributed by atoms with Gasteiger partial charge in [0.2, 0.25) is 5.91 Å². The van der Waals surface area contributed by atoms with E-state index in [1.807, 2.05) is 0 Å². The first-order valence-electron chi connectivity index (χ1n) is 6.72. The zero-order chi connectivity index (χ0) is 16.7. The summed E-state index contributed by atoms with van der Waals surface area (Å²) < 4.78 is 4.77. The third kappa shape index (κ3) is 5.78. The minimum atomic E-state index is -0.755. The molecular weight excluding hydrogens is 290 g/mol. The number of ketones is 1. The van der Waals surface area contributed by atoms with E-state index >= 15 is 0 Å². The summed E-state index contributed by atoms with van der Waals surface area (Å²) in [5.74, 6) is -1.87. The molecule has 0 saturated carbocycles. The van der Waals surface area contributed by atoms with Gasteiger partial charge in [0.15, 0.2) is 12.4 Å². The smallest absolute Gasteiger partial charge is 0.355 e. The number of carbonyl (C=O) groups is 4. The zero-order valence-electron chi connectivity index (χ0n) is 12.7. The molecule has 2 amide bonds. The van der Waals surface area contributed by atoms with E-state index in [1.54, 1.807) is 13.8 Å². The van der Waals surface area contributed by atoms with E-state index in [0.29, 0.717) is 5.56 Å². The lowest BCUT2D eigenvalue weighted by Crippen LogP contribution is -2.41. The van der Waals surface area contributed by atoms with Crippen LogP contribution in [0.3, 0.4) is 0 Å². The summed E-state index contributed by atoms with van der Waals surface area (Å²) in [5, 5.41) is 4.93. The maximum absolute atomic E-state index is 11.6. The summed E-state index contributed by atoms with van der Waals surface area (Å²) in [5.41, 5.74) is 0.428. The first-order chi connectivity index (χ1) is 10.3. The Hall–Kier alpha value is -2.64. The standard InChI is InChI=1S/C14H19N3O5/c1-8(2)17-12(19)6-16-13(20)7-22-14(21)11-4-10(5-15-11)9(3)18/h4-5,8,15H,6-7H2,1-3H3,(H,16,20)(H,17,19). The molecule has 0 aromatic carbocycles. The van der Waals surface area contributed by atoms with E-state index in [1.165, 1.54) is 19.2 Å². The molecule has 0 spiro atoms. The highest BCUT2D eigenvalue weighted by Gasteiger charge is 2.14. The number of Topliss-reactive ketones (excluding diaryl/α,β-unsaturated/α-hetero) is 1. The maximum Gasteiger partial charge on any atom is 0.355 e. The fraction of sp³-hybridized carbons (Fsp3) is 0.429. The van der Waals surface area contributed by atoms with E-state index in [2.05, 4.69) is 15.6 Å². The quantitative estimate of drug-likeness (QED) is 0.484. The van der Waals surface area contributed by atoms with Crippen molar-refractivity contribution in [1.82, 2.24) is 15.6 Å². The number of ether oxygens (including phenoxy) is 1. The normalized spacial score (nSPS) is 10.2. The number of aromatic amines is 1. The molecule has 0 aliphatic carbocycles. The molecule has 0 bridgehead atoms. The average molecular weight is 309 g/mol. The SMILES string of the molecule is CC(=O)c1c[nH]c(C(=O)OCC(=O)NCC(=O)NC(C)C)c1. The van der Waals surface area contributed by atoms with Crippen molar-refractivity contribution in [3.63, 3.8) is 0 Å². The highest BCUT2D eigenvalue weighted by Crippen LogP contribution is 2.05. The zero-order valence-corrected chi connectivity index (χ0v) is 12.7. The van der Waals surface area contributed by atoms with Crippen LogP contribution in [0.5, 0.6) is 0 Å². The number of H-pyrrole nitrogens is 1. The molecule has 0 aliphatic heterocycles. The van der Waals surface area contributed by atoms with Crippen LogP contribution in [0.4, 0.5) is 0 Å². The third-order valence-corrected chi connectivity index (χ3v) is 2.54. The van der Waals surface area contributed by atoms with Crippen LogP contribution in [0.2, 0.25) is 0 Å². The summed E-state index contributed by atoms with van der Waals surface area (Å²) in [4.78, 5) is 48.1. The van der Waals surface area contributed by atoms with Crippen molar-refractivity contribution < 1.29 is 23.9 Å².